The Kier molecular flexibility index (Phi) is 5.66. The molecule has 0 unspecified atom stereocenters. The number of anilines is 2. The molecule has 0 atom stereocenters. The van der Waals surface area contributed by atoms with Crippen molar-refractivity contribution in [3.63, 3.8) is 0 Å². The lowest BCUT2D eigenvalue weighted by atomic mass is 9.79. The molecule has 116 valence electrons. The van der Waals surface area contributed by atoms with E-state index in [1.165, 1.54) is 25.7 Å². The first-order chi connectivity index (χ1) is 10.1. The van der Waals surface area contributed by atoms with Crippen molar-refractivity contribution in [2.24, 2.45) is 11.8 Å². The van der Waals surface area contributed by atoms with Crippen LogP contribution >= 0.6 is 0 Å². The second-order valence-corrected chi connectivity index (χ2v) is 6.48. The lowest BCUT2D eigenvalue weighted by Crippen LogP contribution is -2.27. The normalized spacial score (nSPS) is 22.1. The molecule has 0 spiro atoms. The maximum atomic E-state index is 11.3. The zero-order valence-electron chi connectivity index (χ0n) is 13.5. The molecule has 1 fully saturated rings. The lowest BCUT2D eigenvalue weighted by molar-refractivity contribution is -0.115. The highest BCUT2D eigenvalue weighted by Gasteiger charge is 2.22. The molecule has 0 heterocycles. The third kappa shape index (κ3) is 4.76. The Morgan fingerprint density at radius 2 is 1.67 bits per heavy atom. The fraction of sp³-hybridized carbons (Fsp3) is 0.611. The maximum Gasteiger partial charge on any atom is 0.224 e. The van der Waals surface area contributed by atoms with Crippen molar-refractivity contribution in [2.75, 3.05) is 10.6 Å². The molecule has 1 saturated carbocycles. The van der Waals surface area contributed by atoms with Crippen molar-refractivity contribution in [3.8, 4) is 0 Å². The minimum Gasteiger partial charge on any atom is -0.382 e. The molecule has 0 saturated heterocycles. The van der Waals surface area contributed by atoms with Crippen LogP contribution in [0.4, 0.5) is 11.4 Å². The van der Waals surface area contributed by atoms with Crippen LogP contribution in [0.2, 0.25) is 0 Å². The standard InChI is InChI=1S/C18H28N2O/c1-4-18(21)20-17-11-9-16(10-12-17)19-15-7-5-14(6-8-15)13(2)3/h9-15,19H,4-8H2,1-3H3,(H,20,21). The molecule has 1 aliphatic carbocycles. The van der Waals surface area contributed by atoms with Gasteiger partial charge in [-0.05, 0) is 61.8 Å². The van der Waals surface area contributed by atoms with E-state index in [2.05, 4.69) is 36.6 Å². The third-order valence-corrected chi connectivity index (χ3v) is 4.58. The predicted molar refractivity (Wildman–Crippen MR) is 89.6 cm³/mol. The van der Waals surface area contributed by atoms with Gasteiger partial charge in [0.15, 0.2) is 0 Å². The lowest BCUT2D eigenvalue weighted by Gasteiger charge is -2.31. The molecule has 21 heavy (non-hydrogen) atoms. The summed E-state index contributed by atoms with van der Waals surface area (Å²) in [5.41, 5.74) is 2.02. The molecular formula is C18H28N2O. The molecule has 1 aromatic carbocycles. The van der Waals surface area contributed by atoms with Gasteiger partial charge in [0.1, 0.15) is 0 Å². The molecule has 2 N–H and O–H groups in total. The molecule has 1 amide bonds. The molecular weight excluding hydrogens is 260 g/mol. The predicted octanol–water partition coefficient (Wildman–Crippen LogP) is 4.66. The maximum absolute atomic E-state index is 11.3. The van der Waals surface area contributed by atoms with Crippen LogP contribution in [0.3, 0.4) is 0 Å². The second-order valence-electron chi connectivity index (χ2n) is 6.48. The summed E-state index contributed by atoms with van der Waals surface area (Å²) in [6, 6.07) is 8.64. The molecule has 0 aliphatic heterocycles. The molecule has 0 radical (unpaired) electrons. The number of amides is 1. The molecule has 3 nitrogen and oxygen atoms in total. The van der Waals surface area contributed by atoms with Gasteiger partial charge in [-0.3, -0.25) is 4.79 Å². The van der Waals surface area contributed by atoms with Gasteiger partial charge in [0.25, 0.3) is 0 Å². The van der Waals surface area contributed by atoms with Gasteiger partial charge in [-0.2, -0.15) is 0 Å². The van der Waals surface area contributed by atoms with Crippen LogP contribution in [0.15, 0.2) is 24.3 Å². The summed E-state index contributed by atoms with van der Waals surface area (Å²) in [6.45, 7) is 6.53. The van der Waals surface area contributed by atoms with E-state index in [1.807, 2.05) is 19.1 Å². The van der Waals surface area contributed by atoms with Gasteiger partial charge in [0.05, 0.1) is 0 Å². The summed E-state index contributed by atoms with van der Waals surface area (Å²) in [5.74, 6) is 1.77. The van der Waals surface area contributed by atoms with E-state index in [9.17, 15) is 4.79 Å². The number of hydrogen-bond donors (Lipinski definition) is 2. The smallest absolute Gasteiger partial charge is 0.224 e. The van der Waals surface area contributed by atoms with E-state index < -0.39 is 0 Å². The molecule has 0 bridgehead atoms. The van der Waals surface area contributed by atoms with Gasteiger partial charge < -0.3 is 10.6 Å². The van der Waals surface area contributed by atoms with Gasteiger partial charge in [-0.1, -0.05) is 20.8 Å². The van der Waals surface area contributed by atoms with Crippen LogP contribution in [0.25, 0.3) is 0 Å². The van der Waals surface area contributed by atoms with E-state index in [0.717, 1.165) is 23.2 Å². The van der Waals surface area contributed by atoms with E-state index in [4.69, 9.17) is 0 Å². The topological polar surface area (TPSA) is 41.1 Å². The first kappa shape index (κ1) is 15.9. The Bertz CT molecular complexity index is 445. The zero-order valence-corrected chi connectivity index (χ0v) is 13.5. The Balaban J connectivity index is 1.82. The van der Waals surface area contributed by atoms with Crippen LogP contribution in [0, 0.1) is 11.8 Å². The monoisotopic (exact) mass is 288 g/mol. The average molecular weight is 288 g/mol. The Labute approximate surface area is 128 Å². The summed E-state index contributed by atoms with van der Waals surface area (Å²) in [5, 5.41) is 6.50. The fourth-order valence-electron chi connectivity index (χ4n) is 3.07. The number of nitrogens with one attached hydrogen (secondary N) is 2. The van der Waals surface area contributed by atoms with Crippen molar-refractivity contribution in [1.29, 1.82) is 0 Å². The van der Waals surface area contributed by atoms with Crippen LogP contribution in [-0.2, 0) is 4.79 Å². The van der Waals surface area contributed by atoms with Crippen molar-refractivity contribution < 1.29 is 4.79 Å². The fourth-order valence-corrected chi connectivity index (χ4v) is 3.07. The van der Waals surface area contributed by atoms with Crippen LogP contribution in [0.1, 0.15) is 52.9 Å². The minimum absolute atomic E-state index is 0.0581. The number of hydrogen-bond acceptors (Lipinski definition) is 2. The SMILES string of the molecule is CCC(=O)Nc1ccc(NC2CCC(C(C)C)CC2)cc1. The zero-order chi connectivity index (χ0) is 15.2. The van der Waals surface area contributed by atoms with E-state index in [0.29, 0.717) is 12.5 Å². The van der Waals surface area contributed by atoms with Gasteiger partial charge >= 0.3 is 0 Å². The largest absolute Gasteiger partial charge is 0.382 e. The summed E-state index contributed by atoms with van der Waals surface area (Å²) in [4.78, 5) is 11.3. The van der Waals surface area contributed by atoms with Crippen molar-refractivity contribution >= 4 is 17.3 Å². The molecule has 1 aliphatic rings. The highest BCUT2D eigenvalue weighted by atomic mass is 16.1. The summed E-state index contributed by atoms with van der Waals surface area (Å²) < 4.78 is 0. The van der Waals surface area contributed by atoms with Gasteiger partial charge in [0.2, 0.25) is 5.91 Å². The van der Waals surface area contributed by atoms with E-state index >= 15 is 0 Å². The molecule has 3 heteroatoms. The van der Waals surface area contributed by atoms with Crippen LogP contribution in [-0.4, -0.2) is 11.9 Å². The average Bonchev–Trinajstić information content (AvgIpc) is 2.49. The first-order valence-corrected chi connectivity index (χ1v) is 8.25. The number of carbonyl (C=O) groups is 1. The number of carbonyl (C=O) groups excluding carboxylic acids is 1. The van der Waals surface area contributed by atoms with Crippen LogP contribution < -0.4 is 10.6 Å². The first-order valence-electron chi connectivity index (χ1n) is 8.25. The van der Waals surface area contributed by atoms with Gasteiger partial charge in [0, 0.05) is 23.8 Å². The highest BCUT2D eigenvalue weighted by molar-refractivity contribution is 5.90. The molecule has 2 rings (SSSR count). The minimum atomic E-state index is 0.0581. The summed E-state index contributed by atoms with van der Waals surface area (Å²) in [7, 11) is 0. The highest BCUT2D eigenvalue weighted by Crippen LogP contribution is 2.31. The molecule has 1 aromatic rings. The van der Waals surface area contributed by atoms with Crippen molar-refractivity contribution in [3.05, 3.63) is 24.3 Å². The Hall–Kier alpha value is -1.51. The van der Waals surface area contributed by atoms with Gasteiger partial charge in [-0.25, -0.2) is 0 Å². The van der Waals surface area contributed by atoms with Gasteiger partial charge in [-0.15, -0.1) is 0 Å². The Morgan fingerprint density at radius 3 is 2.19 bits per heavy atom. The number of benzene rings is 1. The summed E-state index contributed by atoms with van der Waals surface area (Å²) >= 11 is 0. The number of rotatable bonds is 5. The van der Waals surface area contributed by atoms with Crippen LogP contribution in [0.5, 0.6) is 0 Å². The second kappa shape index (κ2) is 7.48. The van der Waals surface area contributed by atoms with E-state index in [-0.39, 0.29) is 5.91 Å². The Morgan fingerprint density at radius 1 is 1.10 bits per heavy atom. The van der Waals surface area contributed by atoms with E-state index in [1.54, 1.807) is 0 Å². The third-order valence-electron chi connectivity index (χ3n) is 4.58. The van der Waals surface area contributed by atoms with Crippen molar-refractivity contribution in [2.45, 2.75) is 58.9 Å². The quantitative estimate of drug-likeness (QED) is 0.827. The van der Waals surface area contributed by atoms with Crippen molar-refractivity contribution in [1.82, 2.24) is 0 Å². The molecule has 0 aromatic heterocycles. The summed E-state index contributed by atoms with van der Waals surface area (Å²) in [6.07, 6.45) is 5.70.